The standard InChI is InChI=1S/C19H27NO2/c1-18(2)16(14-9-11-22-17(14)18)20-12-19(21)10-5-7-13-6-3-4-8-15(13)19/h3-4,6,8,14,16-17,20-21H,5,7,9-12H2,1-2H3. The molecule has 4 atom stereocenters. The van der Waals surface area contributed by atoms with Crippen molar-refractivity contribution in [3.05, 3.63) is 35.4 Å². The predicted octanol–water partition coefficient (Wildman–Crippen LogP) is 2.61. The molecule has 3 nitrogen and oxygen atoms in total. The Morgan fingerprint density at radius 3 is 3.00 bits per heavy atom. The summed E-state index contributed by atoms with van der Waals surface area (Å²) in [6.07, 6.45) is 4.57. The Morgan fingerprint density at radius 1 is 1.32 bits per heavy atom. The van der Waals surface area contributed by atoms with E-state index in [0.717, 1.165) is 37.9 Å². The molecule has 1 heterocycles. The van der Waals surface area contributed by atoms with Crippen LogP contribution in [0.1, 0.15) is 44.2 Å². The van der Waals surface area contributed by atoms with Crippen LogP contribution in [0.15, 0.2) is 24.3 Å². The summed E-state index contributed by atoms with van der Waals surface area (Å²) in [6.45, 7) is 6.12. The monoisotopic (exact) mass is 301 g/mol. The average Bonchev–Trinajstić information content (AvgIpc) is 2.94. The molecule has 0 aromatic heterocycles. The van der Waals surface area contributed by atoms with E-state index < -0.39 is 5.60 Å². The van der Waals surface area contributed by atoms with Crippen LogP contribution in [-0.4, -0.2) is 30.4 Å². The lowest BCUT2D eigenvalue weighted by Crippen LogP contribution is -2.67. The molecule has 1 aromatic rings. The van der Waals surface area contributed by atoms with Crippen molar-refractivity contribution in [2.24, 2.45) is 11.3 Å². The summed E-state index contributed by atoms with van der Waals surface area (Å²) in [5.41, 5.74) is 1.90. The van der Waals surface area contributed by atoms with Gasteiger partial charge in [-0.2, -0.15) is 0 Å². The van der Waals surface area contributed by atoms with E-state index in [9.17, 15) is 5.11 Å². The first-order chi connectivity index (χ1) is 10.5. The zero-order valence-corrected chi connectivity index (χ0v) is 13.6. The molecule has 0 amide bonds. The van der Waals surface area contributed by atoms with Crippen molar-refractivity contribution in [2.75, 3.05) is 13.2 Å². The normalized spacial score (nSPS) is 39.0. The molecule has 3 aliphatic rings. The summed E-state index contributed by atoms with van der Waals surface area (Å²) in [5, 5.41) is 14.9. The van der Waals surface area contributed by atoms with Crippen molar-refractivity contribution in [3.8, 4) is 0 Å². The highest BCUT2D eigenvalue weighted by Gasteiger charge is 2.59. The molecule has 1 aliphatic heterocycles. The first kappa shape index (κ1) is 14.7. The van der Waals surface area contributed by atoms with E-state index in [4.69, 9.17) is 4.74 Å². The van der Waals surface area contributed by atoms with E-state index in [-0.39, 0.29) is 5.41 Å². The average molecular weight is 301 g/mol. The van der Waals surface area contributed by atoms with Gasteiger partial charge in [-0.05, 0) is 36.8 Å². The topological polar surface area (TPSA) is 41.5 Å². The molecular weight excluding hydrogens is 274 g/mol. The number of fused-ring (bicyclic) bond motifs is 2. The van der Waals surface area contributed by atoms with Crippen LogP contribution >= 0.6 is 0 Å². The van der Waals surface area contributed by atoms with Crippen molar-refractivity contribution >= 4 is 0 Å². The smallest absolute Gasteiger partial charge is 0.102 e. The highest BCUT2D eigenvalue weighted by atomic mass is 16.5. The van der Waals surface area contributed by atoms with Gasteiger partial charge >= 0.3 is 0 Å². The van der Waals surface area contributed by atoms with Crippen molar-refractivity contribution in [1.29, 1.82) is 0 Å². The third kappa shape index (κ3) is 2.06. The lowest BCUT2D eigenvalue weighted by molar-refractivity contribution is -0.118. The molecular formula is C19H27NO2. The molecule has 0 radical (unpaired) electrons. The summed E-state index contributed by atoms with van der Waals surface area (Å²) in [6, 6.07) is 8.84. The SMILES string of the molecule is CC1(C)C(NCC2(O)CCCc3ccccc32)C2CCOC21. The van der Waals surface area contributed by atoms with E-state index in [1.165, 1.54) is 5.56 Å². The first-order valence-electron chi connectivity index (χ1n) is 8.68. The molecule has 2 N–H and O–H groups in total. The van der Waals surface area contributed by atoms with Gasteiger partial charge in [0, 0.05) is 30.5 Å². The quantitative estimate of drug-likeness (QED) is 0.902. The Morgan fingerprint density at radius 2 is 2.14 bits per heavy atom. The van der Waals surface area contributed by atoms with Gasteiger partial charge in [0.25, 0.3) is 0 Å². The molecule has 1 saturated carbocycles. The van der Waals surface area contributed by atoms with Gasteiger partial charge in [0.2, 0.25) is 0 Å². The molecule has 4 rings (SSSR count). The highest BCUT2D eigenvalue weighted by molar-refractivity contribution is 5.35. The van der Waals surface area contributed by atoms with Crippen LogP contribution in [0.25, 0.3) is 0 Å². The molecule has 1 aromatic carbocycles. The fourth-order valence-corrected chi connectivity index (χ4v) is 5.10. The van der Waals surface area contributed by atoms with Gasteiger partial charge in [-0.3, -0.25) is 0 Å². The number of aryl methyl sites for hydroxylation is 1. The molecule has 2 fully saturated rings. The number of aliphatic hydroxyl groups is 1. The lowest BCUT2D eigenvalue weighted by atomic mass is 9.57. The number of hydrogen-bond donors (Lipinski definition) is 2. The van der Waals surface area contributed by atoms with Crippen molar-refractivity contribution in [2.45, 2.75) is 57.3 Å². The molecule has 1 saturated heterocycles. The maximum atomic E-state index is 11.2. The van der Waals surface area contributed by atoms with Gasteiger partial charge in [0.1, 0.15) is 5.60 Å². The fraction of sp³-hybridized carbons (Fsp3) is 0.684. The Hall–Kier alpha value is -0.900. The summed E-state index contributed by atoms with van der Waals surface area (Å²) in [5.74, 6) is 0.623. The van der Waals surface area contributed by atoms with E-state index in [1.807, 2.05) is 6.07 Å². The molecule has 0 bridgehead atoms. The highest BCUT2D eigenvalue weighted by Crippen LogP contribution is 2.52. The zero-order valence-electron chi connectivity index (χ0n) is 13.6. The van der Waals surface area contributed by atoms with Crippen LogP contribution in [0.4, 0.5) is 0 Å². The maximum Gasteiger partial charge on any atom is 0.102 e. The minimum atomic E-state index is -0.713. The fourth-order valence-electron chi connectivity index (χ4n) is 5.10. The van der Waals surface area contributed by atoms with Gasteiger partial charge in [0.05, 0.1) is 6.10 Å². The number of ether oxygens (including phenoxy) is 1. The number of benzene rings is 1. The van der Waals surface area contributed by atoms with Crippen molar-refractivity contribution < 1.29 is 9.84 Å². The van der Waals surface area contributed by atoms with Gasteiger partial charge < -0.3 is 15.2 Å². The first-order valence-corrected chi connectivity index (χ1v) is 8.68. The summed E-state index contributed by atoms with van der Waals surface area (Å²) in [7, 11) is 0. The van der Waals surface area contributed by atoms with Gasteiger partial charge in [-0.25, -0.2) is 0 Å². The molecule has 2 aliphatic carbocycles. The van der Waals surface area contributed by atoms with Gasteiger partial charge in [-0.1, -0.05) is 38.1 Å². The Kier molecular flexibility index (Phi) is 3.37. The molecule has 0 spiro atoms. The molecule has 3 heteroatoms. The minimum absolute atomic E-state index is 0.172. The summed E-state index contributed by atoms with van der Waals surface area (Å²) in [4.78, 5) is 0. The number of rotatable bonds is 3. The van der Waals surface area contributed by atoms with Crippen LogP contribution in [0, 0.1) is 11.3 Å². The second-order valence-electron chi connectivity index (χ2n) is 7.97. The Labute approximate surface area is 133 Å². The van der Waals surface area contributed by atoms with Crippen LogP contribution < -0.4 is 5.32 Å². The van der Waals surface area contributed by atoms with E-state index in [2.05, 4.69) is 37.4 Å². The van der Waals surface area contributed by atoms with E-state index in [0.29, 0.717) is 24.6 Å². The molecule has 22 heavy (non-hydrogen) atoms. The molecule has 4 unspecified atom stereocenters. The number of hydrogen-bond acceptors (Lipinski definition) is 3. The Balaban J connectivity index is 1.50. The summed E-state index contributed by atoms with van der Waals surface area (Å²) >= 11 is 0. The van der Waals surface area contributed by atoms with Crippen LogP contribution in [-0.2, 0) is 16.8 Å². The lowest BCUT2D eigenvalue weighted by Gasteiger charge is -2.55. The zero-order chi connectivity index (χ0) is 15.4. The summed E-state index contributed by atoms with van der Waals surface area (Å²) < 4.78 is 5.87. The largest absolute Gasteiger partial charge is 0.384 e. The third-order valence-corrected chi connectivity index (χ3v) is 6.27. The number of nitrogens with one attached hydrogen (secondary N) is 1. The van der Waals surface area contributed by atoms with Crippen LogP contribution in [0.5, 0.6) is 0 Å². The molecule has 120 valence electrons. The predicted molar refractivity (Wildman–Crippen MR) is 86.7 cm³/mol. The van der Waals surface area contributed by atoms with Crippen LogP contribution in [0.3, 0.4) is 0 Å². The third-order valence-electron chi connectivity index (χ3n) is 6.27. The maximum absolute atomic E-state index is 11.2. The van der Waals surface area contributed by atoms with Crippen molar-refractivity contribution in [3.63, 3.8) is 0 Å². The van der Waals surface area contributed by atoms with Crippen LogP contribution in [0.2, 0.25) is 0 Å². The van der Waals surface area contributed by atoms with E-state index in [1.54, 1.807) is 0 Å². The minimum Gasteiger partial charge on any atom is -0.384 e. The Bertz CT molecular complexity index is 570. The second-order valence-corrected chi connectivity index (χ2v) is 7.97. The van der Waals surface area contributed by atoms with E-state index >= 15 is 0 Å². The second kappa shape index (κ2) is 5.05. The van der Waals surface area contributed by atoms with Gasteiger partial charge in [0.15, 0.2) is 0 Å². The van der Waals surface area contributed by atoms with Gasteiger partial charge in [-0.15, -0.1) is 0 Å². The van der Waals surface area contributed by atoms with Crippen molar-refractivity contribution in [1.82, 2.24) is 5.32 Å².